The Kier molecular flexibility index (Phi) is 4.93. The zero-order chi connectivity index (χ0) is 15.5. The van der Waals surface area contributed by atoms with Gasteiger partial charge in [0.05, 0.1) is 5.41 Å². The molecule has 0 saturated carbocycles. The smallest absolute Gasteiger partial charge is 0.310 e. The number of nitrogens with one attached hydrogen (secondary N) is 1. The Morgan fingerprint density at radius 3 is 2.15 bits per heavy atom. The molecule has 1 aromatic carbocycles. The van der Waals surface area contributed by atoms with Crippen LogP contribution in [-0.2, 0) is 9.59 Å². The molecular weight excluding hydrogens is 254 g/mol. The summed E-state index contributed by atoms with van der Waals surface area (Å²) in [6.07, 6.45) is -0.0340. The predicted molar refractivity (Wildman–Crippen MR) is 79.7 cm³/mol. The standard InChI is InChI=1S/C16H23NO3/c1-10(2)16(5,15(19)20)9-13(18)17-14-11(3)7-6-8-12(14)4/h6-8,10H,9H2,1-5H3,(H,17,18)(H,19,20). The van der Waals surface area contributed by atoms with Crippen molar-refractivity contribution in [3.05, 3.63) is 29.3 Å². The molecule has 1 unspecified atom stereocenters. The molecule has 0 heterocycles. The van der Waals surface area contributed by atoms with Crippen molar-refractivity contribution in [1.29, 1.82) is 0 Å². The van der Waals surface area contributed by atoms with E-state index < -0.39 is 11.4 Å². The normalized spacial score (nSPS) is 13.9. The number of aliphatic carboxylic acids is 1. The van der Waals surface area contributed by atoms with E-state index in [2.05, 4.69) is 5.32 Å². The molecule has 0 fully saturated rings. The maximum Gasteiger partial charge on any atom is 0.310 e. The Bertz CT molecular complexity index is 502. The molecule has 0 aliphatic rings. The highest BCUT2D eigenvalue weighted by Crippen LogP contribution is 2.32. The third kappa shape index (κ3) is 3.38. The van der Waals surface area contributed by atoms with E-state index in [1.165, 1.54) is 0 Å². The molecule has 0 aliphatic carbocycles. The Morgan fingerprint density at radius 2 is 1.75 bits per heavy atom. The van der Waals surface area contributed by atoms with E-state index in [-0.39, 0.29) is 18.2 Å². The Hall–Kier alpha value is -1.84. The van der Waals surface area contributed by atoms with Gasteiger partial charge >= 0.3 is 5.97 Å². The first-order valence-corrected chi connectivity index (χ1v) is 6.78. The van der Waals surface area contributed by atoms with Crippen molar-refractivity contribution in [2.75, 3.05) is 5.32 Å². The van der Waals surface area contributed by atoms with Crippen LogP contribution in [0.25, 0.3) is 0 Å². The number of amides is 1. The number of para-hydroxylation sites is 1. The minimum absolute atomic E-state index is 0.0340. The summed E-state index contributed by atoms with van der Waals surface area (Å²) < 4.78 is 0. The molecule has 20 heavy (non-hydrogen) atoms. The van der Waals surface area contributed by atoms with E-state index in [4.69, 9.17) is 0 Å². The van der Waals surface area contributed by atoms with Crippen LogP contribution in [-0.4, -0.2) is 17.0 Å². The van der Waals surface area contributed by atoms with Gasteiger partial charge in [-0.1, -0.05) is 32.0 Å². The Labute approximate surface area is 120 Å². The van der Waals surface area contributed by atoms with Crippen LogP contribution in [0.2, 0.25) is 0 Å². The van der Waals surface area contributed by atoms with Crippen LogP contribution in [0.4, 0.5) is 5.69 Å². The third-order valence-corrected chi connectivity index (χ3v) is 4.04. The van der Waals surface area contributed by atoms with Gasteiger partial charge in [-0.15, -0.1) is 0 Å². The van der Waals surface area contributed by atoms with Crippen LogP contribution < -0.4 is 5.32 Å². The molecular formula is C16H23NO3. The first kappa shape index (κ1) is 16.2. The zero-order valence-corrected chi connectivity index (χ0v) is 12.8. The highest BCUT2D eigenvalue weighted by molar-refractivity contribution is 5.95. The highest BCUT2D eigenvalue weighted by atomic mass is 16.4. The average Bonchev–Trinajstić information content (AvgIpc) is 2.33. The van der Waals surface area contributed by atoms with Gasteiger partial charge in [-0.05, 0) is 37.8 Å². The monoisotopic (exact) mass is 277 g/mol. The first-order valence-electron chi connectivity index (χ1n) is 6.78. The zero-order valence-electron chi connectivity index (χ0n) is 12.8. The van der Waals surface area contributed by atoms with Gasteiger partial charge in [0.15, 0.2) is 0 Å². The molecule has 0 radical (unpaired) electrons. The second-order valence-electron chi connectivity index (χ2n) is 5.87. The van der Waals surface area contributed by atoms with Crippen molar-refractivity contribution in [2.45, 2.75) is 41.0 Å². The molecule has 0 aliphatic heterocycles. The molecule has 1 amide bonds. The molecule has 2 N–H and O–H groups in total. The van der Waals surface area contributed by atoms with Gasteiger partial charge < -0.3 is 10.4 Å². The Balaban J connectivity index is 2.90. The van der Waals surface area contributed by atoms with Crippen LogP contribution in [0.5, 0.6) is 0 Å². The van der Waals surface area contributed by atoms with Gasteiger partial charge in [-0.3, -0.25) is 9.59 Å². The molecule has 4 nitrogen and oxygen atoms in total. The minimum atomic E-state index is -1.05. The summed E-state index contributed by atoms with van der Waals surface area (Å²) in [4.78, 5) is 23.6. The van der Waals surface area contributed by atoms with Gasteiger partial charge in [-0.2, -0.15) is 0 Å². The number of carbonyl (C=O) groups is 2. The molecule has 4 heteroatoms. The lowest BCUT2D eigenvalue weighted by molar-refractivity contribution is -0.153. The van der Waals surface area contributed by atoms with Crippen LogP contribution >= 0.6 is 0 Å². The molecule has 1 aromatic rings. The molecule has 0 saturated heterocycles. The largest absolute Gasteiger partial charge is 0.481 e. The maximum atomic E-state index is 12.2. The third-order valence-electron chi connectivity index (χ3n) is 4.04. The summed E-state index contributed by atoms with van der Waals surface area (Å²) in [5.41, 5.74) is 1.66. The quantitative estimate of drug-likeness (QED) is 0.867. The van der Waals surface area contributed by atoms with Crippen molar-refractivity contribution in [1.82, 2.24) is 0 Å². The lowest BCUT2D eigenvalue weighted by atomic mass is 9.76. The van der Waals surface area contributed by atoms with E-state index in [9.17, 15) is 14.7 Å². The topological polar surface area (TPSA) is 66.4 Å². The van der Waals surface area contributed by atoms with Crippen molar-refractivity contribution in [2.24, 2.45) is 11.3 Å². The number of hydrogen-bond donors (Lipinski definition) is 2. The van der Waals surface area contributed by atoms with E-state index >= 15 is 0 Å². The van der Waals surface area contributed by atoms with Crippen molar-refractivity contribution < 1.29 is 14.7 Å². The Morgan fingerprint density at radius 1 is 1.25 bits per heavy atom. The van der Waals surface area contributed by atoms with Gasteiger partial charge in [0.25, 0.3) is 0 Å². The van der Waals surface area contributed by atoms with Crippen LogP contribution in [0.1, 0.15) is 38.3 Å². The fourth-order valence-corrected chi connectivity index (χ4v) is 2.06. The maximum absolute atomic E-state index is 12.2. The summed E-state index contributed by atoms with van der Waals surface area (Å²) in [6.45, 7) is 9.09. The highest BCUT2D eigenvalue weighted by Gasteiger charge is 2.38. The predicted octanol–water partition coefficient (Wildman–Crippen LogP) is 3.38. The van der Waals surface area contributed by atoms with Crippen molar-refractivity contribution in [3.63, 3.8) is 0 Å². The van der Waals surface area contributed by atoms with Crippen molar-refractivity contribution in [3.8, 4) is 0 Å². The number of benzene rings is 1. The van der Waals surface area contributed by atoms with Crippen molar-refractivity contribution >= 4 is 17.6 Å². The lowest BCUT2D eigenvalue weighted by Crippen LogP contribution is -2.37. The molecule has 1 rings (SSSR count). The minimum Gasteiger partial charge on any atom is -0.481 e. The fourth-order valence-electron chi connectivity index (χ4n) is 2.06. The van der Waals surface area contributed by atoms with E-state index in [0.29, 0.717) is 0 Å². The second kappa shape index (κ2) is 6.07. The number of carboxylic acid groups (broad SMARTS) is 1. The number of hydrogen-bond acceptors (Lipinski definition) is 2. The summed E-state index contributed by atoms with van der Waals surface area (Å²) in [7, 11) is 0. The molecule has 0 bridgehead atoms. The number of rotatable bonds is 5. The number of aryl methyl sites for hydroxylation is 2. The summed E-state index contributed by atoms with van der Waals surface area (Å²) in [5.74, 6) is -1.33. The number of carboxylic acids is 1. The van der Waals surface area contributed by atoms with Gasteiger partial charge in [0, 0.05) is 12.1 Å². The average molecular weight is 277 g/mol. The molecule has 0 spiro atoms. The first-order chi connectivity index (χ1) is 9.18. The van der Waals surface area contributed by atoms with E-state index in [1.807, 2.05) is 45.9 Å². The van der Waals surface area contributed by atoms with E-state index in [1.54, 1.807) is 6.92 Å². The summed E-state index contributed by atoms with van der Waals surface area (Å²) in [6, 6.07) is 5.76. The SMILES string of the molecule is Cc1cccc(C)c1NC(=O)CC(C)(C(=O)O)C(C)C. The molecule has 0 aromatic heterocycles. The lowest BCUT2D eigenvalue weighted by Gasteiger charge is -2.28. The second-order valence-corrected chi connectivity index (χ2v) is 5.87. The van der Waals surface area contributed by atoms with Crippen LogP contribution in [0.3, 0.4) is 0 Å². The van der Waals surface area contributed by atoms with Crippen LogP contribution in [0.15, 0.2) is 18.2 Å². The fraction of sp³-hybridized carbons (Fsp3) is 0.500. The van der Waals surface area contributed by atoms with Gasteiger partial charge in [0.2, 0.25) is 5.91 Å². The van der Waals surface area contributed by atoms with Gasteiger partial charge in [-0.25, -0.2) is 0 Å². The summed E-state index contributed by atoms with van der Waals surface area (Å²) in [5, 5.41) is 12.2. The molecule has 1 atom stereocenters. The molecule has 110 valence electrons. The van der Waals surface area contributed by atoms with Gasteiger partial charge in [0.1, 0.15) is 0 Å². The number of carbonyl (C=O) groups excluding carboxylic acids is 1. The number of anilines is 1. The summed E-state index contributed by atoms with van der Waals surface area (Å²) >= 11 is 0. The van der Waals surface area contributed by atoms with Crippen LogP contribution in [0, 0.1) is 25.2 Å². The van der Waals surface area contributed by atoms with E-state index in [0.717, 1.165) is 16.8 Å².